The van der Waals surface area contributed by atoms with Crippen LogP contribution in [0.2, 0.25) is 0 Å². The molecule has 1 N–H and O–H groups in total. The van der Waals surface area contributed by atoms with E-state index in [1.165, 1.54) is 6.33 Å². The normalized spacial score (nSPS) is 15.3. The number of aromatic nitrogens is 5. The average molecular weight is 352 g/mol. The van der Waals surface area contributed by atoms with Gasteiger partial charge in [0.15, 0.2) is 5.65 Å². The zero-order chi connectivity index (χ0) is 17.8. The van der Waals surface area contributed by atoms with Crippen LogP contribution in [0.15, 0.2) is 43.0 Å². The van der Waals surface area contributed by atoms with E-state index in [1.54, 1.807) is 16.9 Å². The first-order valence-corrected chi connectivity index (χ1v) is 8.58. The van der Waals surface area contributed by atoms with Gasteiger partial charge < -0.3 is 10.2 Å². The summed E-state index contributed by atoms with van der Waals surface area (Å²) in [4.78, 5) is 29.3. The maximum atomic E-state index is 12.3. The fourth-order valence-electron chi connectivity index (χ4n) is 3.04. The lowest BCUT2D eigenvalue weighted by molar-refractivity contribution is -0.122. The van der Waals surface area contributed by atoms with Crippen molar-refractivity contribution >= 4 is 17.5 Å². The maximum absolute atomic E-state index is 12.3. The molecule has 0 radical (unpaired) electrons. The number of rotatable bonds is 5. The second-order valence-electron chi connectivity index (χ2n) is 6.14. The first-order chi connectivity index (χ1) is 12.8. The minimum absolute atomic E-state index is 0.00605. The van der Waals surface area contributed by atoms with E-state index < -0.39 is 0 Å². The number of hydrogen-bond acceptors (Lipinski definition) is 7. The molecule has 1 aliphatic rings. The number of carbonyl (C=O) groups is 1. The fraction of sp³-hybridized carbons (Fsp3) is 0.353. The van der Waals surface area contributed by atoms with Crippen molar-refractivity contribution in [3.8, 4) is 0 Å². The molecule has 134 valence electrons. The van der Waals surface area contributed by atoms with Gasteiger partial charge >= 0.3 is 0 Å². The Kier molecular flexibility index (Phi) is 4.69. The second-order valence-corrected chi connectivity index (χ2v) is 6.14. The standard InChI is InChI=1S/C17H20N8O/c26-16(20-11-14-3-1-4-15-21-13-22-25(14)15)12-23-7-9-24(10-8-23)17-18-5-2-6-19-17/h1-6,13H,7-12H2,(H,20,26). The predicted molar refractivity (Wildman–Crippen MR) is 95.5 cm³/mol. The van der Waals surface area contributed by atoms with E-state index in [9.17, 15) is 4.79 Å². The van der Waals surface area contributed by atoms with E-state index in [4.69, 9.17) is 0 Å². The van der Waals surface area contributed by atoms with Crippen molar-refractivity contribution in [3.63, 3.8) is 0 Å². The van der Waals surface area contributed by atoms with E-state index in [1.807, 2.05) is 24.3 Å². The van der Waals surface area contributed by atoms with Crippen molar-refractivity contribution in [3.05, 3.63) is 48.7 Å². The van der Waals surface area contributed by atoms with Gasteiger partial charge in [0.25, 0.3) is 0 Å². The third-order valence-electron chi connectivity index (χ3n) is 4.42. The molecule has 1 fully saturated rings. The first kappa shape index (κ1) is 16.4. The molecular weight excluding hydrogens is 332 g/mol. The lowest BCUT2D eigenvalue weighted by Gasteiger charge is -2.34. The Balaban J connectivity index is 1.26. The number of hydrogen-bond donors (Lipinski definition) is 1. The van der Waals surface area contributed by atoms with Crippen LogP contribution in [0, 0.1) is 0 Å². The van der Waals surface area contributed by atoms with Gasteiger partial charge in [-0.3, -0.25) is 9.69 Å². The van der Waals surface area contributed by atoms with E-state index in [-0.39, 0.29) is 5.91 Å². The number of nitrogens with one attached hydrogen (secondary N) is 1. The van der Waals surface area contributed by atoms with Gasteiger partial charge in [0.2, 0.25) is 11.9 Å². The largest absolute Gasteiger partial charge is 0.349 e. The van der Waals surface area contributed by atoms with Gasteiger partial charge in [0.05, 0.1) is 18.8 Å². The van der Waals surface area contributed by atoms with Gasteiger partial charge in [-0.25, -0.2) is 19.5 Å². The maximum Gasteiger partial charge on any atom is 0.234 e. The summed E-state index contributed by atoms with van der Waals surface area (Å²) in [5.74, 6) is 0.754. The molecule has 9 nitrogen and oxygen atoms in total. The number of anilines is 1. The van der Waals surface area contributed by atoms with Crippen LogP contribution in [-0.2, 0) is 11.3 Å². The molecule has 0 aliphatic carbocycles. The van der Waals surface area contributed by atoms with Gasteiger partial charge in [-0.1, -0.05) is 6.07 Å². The summed E-state index contributed by atoms with van der Waals surface area (Å²) in [7, 11) is 0. The van der Waals surface area contributed by atoms with E-state index in [2.05, 4.69) is 35.2 Å². The van der Waals surface area contributed by atoms with Gasteiger partial charge in [-0.2, -0.15) is 5.10 Å². The molecule has 3 aromatic heterocycles. The Labute approximate surface area is 150 Å². The van der Waals surface area contributed by atoms with Crippen LogP contribution in [0.25, 0.3) is 5.65 Å². The minimum atomic E-state index is 0.00605. The average Bonchev–Trinajstić information content (AvgIpc) is 3.17. The predicted octanol–water partition coefficient (Wildman–Crippen LogP) is -0.0423. The number of piperazine rings is 1. The van der Waals surface area contributed by atoms with Crippen LogP contribution in [0.3, 0.4) is 0 Å². The van der Waals surface area contributed by atoms with Crippen molar-refractivity contribution in [2.45, 2.75) is 6.54 Å². The van der Waals surface area contributed by atoms with Crippen LogP contribution in [0.4, 0.5) is 5.95 Å². The van der Waals surface area contributed by atoms with Crippen molar-refractivity contribution in [2.24, 2.45) is 0 Å². The quantitative estimate of drug-likeness (QED) is 0.689. The Morgan fingerprint density at radius 1 is 1.04 bits per heavy atom. The molecule has 0 atom stereocenters. The van der Waals surface area contributed by atoms with E-state index >= 15 is 0 Å². The number of pyridine rings is 1. The summed E-state index contributed by atoms with van der Waals surface area (Å²) in [5, 5.41) is 7.14. The fourth-order valence-corrected chi connectivity index (χ4v) is 3.04. The summed E-state index contributed by atoms with van der Waals surface area (Å²) in [6.45, 7) is 4.06. The van der Waals surface area contributed by atoms with Crippen LogP contribution in [0.1, 0.15) is 5.69 Å². The highest BCUT2D eigenvalue weighted by molar-refractivity contribution is 5.78. The highest BCUT2D eigenvalue weighted by Gasteiger charge is 2.20. The molecular formula is C17H20N8O. The number of nitrogens with zero attached hydrogens (tertiary/aromatic N) is 7. The molecule has 1 saturated heterocycles. The second kappa shape index (κ2) is 7.44. The molecule has 4 rings (SSSR count). The SMILES string of the molecule is O=C(CN1CCN(c2ncccn2)CC1)NCc1cccc2ncnn12. The monoisotopic (exact) mass is 352 g/mol. The Morgan fingerprint density at radius 3 is 2.65 bits per heavy atom. The number of fused-ring (bicyclic) bond motifs is 1. The van der Waals surface area contributed by atoms with Crippen LogP contribution in [0.5, 0.6) is 0 Å². The molecule has 4 heterocycles. The summed E-state index contributed by atoms with van der Waals surface area (Å²) in [6.07, 6.45) is 5.01. The van der Waals surface area contributed by atoms with Gasteiger partial charge in [0.1, 0.15) is 6.33 Å². The highest BCUT2D eigenvalue weighted by Crippen LogP contribution is 2.09. The van der Waals surface area contributed by atoms with Crippen molar-refractivity contribution in [1.29, 1.82) is 0 Å². The lowest BCUT2D eigenvalue weighted by atomic mass is 10.3. The molecule has 3 aromatic rings. The molecule has 0 spiro atoms. The van der Waals surface area contributed by atoms with Crippen molar-refractivity contribution in [1.82, 2.24) is 34.8 Å². The zero-order valence-corrected chi connectivity index (χ0v) is 14.3. The summed E-state index contributed by atoms with van der Waals surface area (Å²) >= 11 is 0. The molecule has 26 heavy (non-hydrogen) atoms. The Morgan fingerprint density at radius 2 is 1.85 bits per heavy atom. The summed E-state index contributed by atoms with van der Waals surface area (Å²) < 4.78 is 1.74. The van der Waals surface area contributed by atoms with Gasteiger partial charge in [0, 0.05) is 38.6 Å². The molecule has 0 bridgehead atoms. The Hall–Kier alpha value is -3.07. The molecule has 0 saturated carbocycles. The third-order valence-corrected chi connectivity index (χ3v) is 4.42. The lowest BCUT2D eigenvalue weighted by Crippen LogP contribution is -2.49. The molecule has 1 amide bonds. The first-order valence-electron chi connectivity index (χ1n) is 8.58. The Bertz CT molecular complexity index is 873. The van der Waals surface area contributed by atoms with Gasteiger partial charge in [-0.15, -0.1) is 0 Å². The summed E-state index contributed by atoms with van der Waals surface area (Å²) in [6, 6.07) is 7.54. The molecule has 0 unspecified atom stereocenters. The molecule has 0 aromatic carbocycles. The smallest absolute Gasteiger partial charge is 0.234 e. The highest BCUT2D eigenvalue weighted by atomic mass is 16.2. The van der Waals surface area contributed by atoms with Crippen molar-refractivity contribution < 1.29 is 4.79 Å². The summed E-state index contributed by atoms with van der Waals surface area (Å²) in [5.41, 5.74) is 1.68. The number of carbonyl (C=O) groups excluding carboxylic acids is 1. The topological polar surface area (TPSA) is 91.5 Å². The number of amides is 1. The molecule has 9 heteroatoms. The zero-order valence-electron chi connectivity index (χ0n) is 14.3. The third kappa shape index (κ3) is 3.62. The van der Waals surface area contributed by atoms with E-state index in [0.717, 1.165) is 43.5 Å². The van der Waals surface area contributed by atoms with Gasteiger partial charge in [-0.05, 0) is 18.2 Å². The van der Waals surface area contributed by atoms with Crippen LogP contribution >= 0.6 is 0 Å². The molecule has 1 aliphatic heterocycles. The van der Waals surface area contributed by atoms with Crippen LogP contribution < -0.4 is 10.2 Å². The minimum Gasteiger partial charge on any atom is -0.349 e. The van der Waals surface area contributed by atoms with E-state index in [0.29, 0.717) is 13.1 Å². The van der Waals surface area contributed by atoms with Crippen molar-refractivity contribution in [2.75, 3.05) is 37.6 Å². The van der Waals surface area contributed by atoms with Crippen LogP contribution in [-0.4, -0.2) is 68.1 Å².